The number of nitrogen functional groups attached to an aromatic ring is 1. The molecule has 6 heteroatoms. The highest BCUT2D eigenvalue weighted by Gasteiger charge is 1.98. The highest BCUT2D eigenvalue weighted by atomic mass is 35.5. The van der Waals surface area contributed by atoms with Crippen LogP contribution >= 0.6 is 11.6 Å². The number of rotatable bonds is 3. The molecule has 0 unspecified atom stereocenters. The number of anilines is 1. The molecule has 0 amide bonds. The van der Waals surface area contributed by atoms with E-state index in [9.17, 15) is 0 Å². The smallest absolute Gasteiger partial charge is 0.200 e. The molecule has 2 N–H and O–H groups in total. The summed E-state index contributed by atoms with van der Waals surface area (Å²) < 4.78 is 3.62. The lowest BCUT2D eigenvalue weighted by atomic mass is 10.6. The van der Waals surface area contributed by atoms with Crippen LogP contribution in [0.1, 0.15) is 0 Å². The second-order valence-corrected chi connectivity index (χ2v) is 3.34. The zero-order valence-corrected chi connectivity index (χ0v) is 8.22. The van der Waals surface area contributed by atoms with E-state index in [1.54, 1.807) is 23.3 Å². The molecule has 2 aromatic rings. The minimum absolute atomic E-state index is 0.517. The average molecular weight is 212 g/mol. The van der Waals surface area contributed by atoms with Crippen molar-refractivity contribution in [1.29, 1.82) is 0 Å². The molecular formula is C8H10ClN5. The van der Waals surface area contributed by atoms with Crippen molar-refractivity contribution in [2.75, 3.05) is 5.73 Å². The summed E-state index contributed by atoms with van der Waals surface area (Å²) in [5.41, 5.74) is 5.61. The van der Waals surface area contributed by atoms with Gasteiger partial charge in [0.1, 0.15) is 0 Å². The molecule has 2 heterocycles. The molecule has 74 valence electrons. The molecular weight excluding hydrogens is 202 g/mol. The maximum atomic E-state index is 5.73. The van der Waals surface area contributed by atoms with Crippen molar-refractivity contribution in [2.24, 2.45) is 0 Å². The van der Waals surface area contributed by atoms with Gasteiger partial charge in [0.2, 0.25) is 0 Å². The van der Waals surface area contributed by atoms with Gasteiger partial charge in [-0.15, -0.1) is 0 Å². The molecule has 2 rings (SSSR count). The van der Waals surface area contributed by atoms with Gasteiger partial charge < -0.3 is 10.3 Å². The fraction of sp³-hybridized carbons (Fsp3) is 0.250. The molecule has 0 fully saturated rings. The largest absolute Gasteiger partial charge is 0.369 e. The standard InChI is InChI=1S/C8H10ClN5/c9-7-5-12-14(6-7)4-3-13-2-1-11-8(13)10/h1-2,5-6H,3-4H2,(H2,10,11). The number of nitrogens with two attached hydrogens (primary N) is 1. The van der Waals surface area contributed by atoms with Crippen LogP contribution < -0.4 is 5.73 Å². The van der Waals surface area contributed by atoms with Crippen molar-refractivity contribution in [3.8, 4) is 0 Å². The highest BCUT2D eigenvalue weighted by Crippen LogP contribution is 2.05. The second kappa shape index (κ2) is 3.71. The first-order valence-corrected chi connectivity index (χ1v) is 4.58. The molecule has 0 saturated heterocycles. The Morgan fingerprint density at radius 1 is 1.43 bits per heavy atom. The van der Waals surface area contributed by atoms with Crippen molar-refractivity contribution >= 4 is 17.5 Å². The summed E-state index contributed by atoms with van der Waals surface area (Å²) in [6.45, 7) is 1.47. The van der Waals surface area contributed by atoms with Crippen LogP contribution in [0.25, 0.3) is 0 Å². The van der Waals surface area contributed by atoms with Crippen LogP contribution in [0.4, 0.5) is 5.95 Å². The molecule has 5 nitrogen and oxygen atoms in total. The van der Waals surface area contributed by atoms with E-state index in [0.717, 1.165) is 13.1 Å². The fourth-order valence-electron chi connectivity index (χ4n) is 1.20. The van der Waals surface area contributed by atoms with Gasteiger partial charge in [0, 0.05) is 25.1 Å². The Hall–Kier alpha value is -1.49. The third kappa shape index (κ3) is 1.88. The summed E-state index contributed by atoms with van der Waals surface area (Å²) >= 11 is 5.73. The first-order valence-electron chi connectivity index (χ1n) is 4.20. The van der Waals surface area contributed by atoms with Crippen LogP contribution in [0.5, 0.6) is 0 Å². The van der Waals surface area contributed by atoms with Gasteiger partial charge in [-0.25, -0.2) is 4.98 Å². The predicted molar refractivity (Wildman–Crippen MR) is 53.9 cm³/mol. The third-order valence-corrected chi connectivity index (χ3v) is 2.11. The Kier molecular flexibility index (Phi) is 2.41. The maximum Gasteiger partial charge on any atom is 0.200 e. The average Bonchev–Trinajstić information content (AvgIpc) is 2.72. The number of nitrogens with zero attached hydrogens (tertiary/aromatic N) is 4. The quantitative estimate of drug-likeness (QED) is 0.825. The highest BCUT2D eigenvalue weighted by molar-refractivity contribution is 6.30. The first-order chi connectivity index (χ1) is 6.75. The molecule has 0 aliphatic carbocycles. The summed E-state index contributed by atoms with van der Waals surface area (Å²) in [6, 6.07) is 0. The van der Waals surface area contributed by atoms with Gasteiger partial charge in [0.15, 0.2) is 5.95 Å². The van der Waals surface area contributed by atoms with Crippen molar-refractivity contribution in [3.05, 3.63) is 29.8 Å². The SMILES string of the molecule is Nc1nccn1CCn1cc(Cl)cn1. The normalized spacial score (nSPS) is 10.6. The molecule has 0 aliphatic heterocycles. The molecule has 14 heavy (non-hydrogen) atoms. The minimum atomic E-state index is 0.517. The fourth-order valence-corrected chi connectivity index (χ4v) is 1.36. The van der Waals surface area contributed by atoms with Gasteiger partial charge in [0.25, 0.3) is 0 Å². The zero-order valence-electron chi connectivity index (χ0n) is 7.47. The van der Waals surface area contributed by atoms with Crippen LogP contribution in [0.3, 0.4) is 0 Å². The Balaban J connectivity index is 1.98. The van der Waals surface area contributed by atoms with Crippen LogP contribution in [0.15, 0.2) is 24.8 Å². The van der Waals surface area contributed by atoms with E-state index in [1.807, 2.05) is 10.8 Å². The number of halogens is 1. The van der Waals surface area contributed by atoms with E-state index < -0.39 is 0 Å². The summed E-state index contributed by atoms with van der Waals surface area (Å²) in [6.07, 6.45) is 6.89. The lowest BCUT2D eigenvalue weighted by Crippen LogP contribution is -2.09. The molecule has 0 saturated carbocycles. The van der Waals surface area contributed by atoms with Crippen molar-refractivity contribution in [2.45, 2.75) is 13.1 Å². The Bertz CT molecular complexity index is 419. The summed E-state index contributed by atoms with van der Waals surface area (Å²) in [5.74, 6) is 0.517. The summed E-state index contributed by atoms with van der Waals surface area (Å²) in [5, 5.41) is 4.70. The van der Waals surface area contributed by atoms with E-state index in [4.69, 9.17) is 17.3 Å². The predicted octanol–water partition coefficient (Wildman–Crippen LogP) is 1.02. The molecule has 0 atom stereocenters. The molecule has 0 aliphatic rings. The van der Waals surface area contributed by atoms with Crippen LogP contribution in [-0.2, 0) is 13.1 Å². The Labute approximate surface area is 86.1 Å². The number of aromatic nitrogens is 4. The second-order valence-electron chi connectivity index (χ2n) is 2.90. The maximum absolute atomic E-state index is 5.73. The minimum Gasteiger partial charge on any atom is -0.369 e. The van der Waals surface area contributed by atoms with E-state index in [2.05, 4.69) is 10.1 Å². The number of imidazole rings is 1. The number of hydrogen-bond acceptors (Lipinski definition) is 3. The van der Waals surface area contributed by atoms with Gasteiger partial charge in [-0.3, -0.25) is 4.68 Å². The molecule has 2 aromatic heterocycles. The Morgan fingerprint density at radius 3 is 2.86 bits per heavy atom. The van der Waals surface area contributed by atoms with E-state index in [1.165, 1.54) is 0 Å². The van der Waals surface area contributed by atoms with Crippen molar-refractivity contribution < 1.29 is 0 Å². The monoisotopic (exact) mass is 211 g/mol. The van der Waals surface area contributed by atoms with Gasteiger partial charge in [-0.2, -0.15) is 5.10 Å². The lowest BCUT2D eigenvalue weighted by Gasteiger charge is -2.03. The van der Waals surface area contributed by atoms with Gasteiger partial charge >= 0.3 is 0 Å². The molecule has 0 aromatic carbocycles. The first kappa shape index (κ1) is 9.08. The van der Waals surface area contributed by atoms with Crippen LogP contribution in [-0.4, -0.2) is 19.3 Å². The molecule has 0 spiro atoms. The van der Waals surface area contributed by atoms with Gasteiger partial charge in [-0.05, 0) is 0 Å². The van der Waals surface area contributed by atoms with Crippen LogP contribution in [0.2, 0.25) is 5.02 Å². The van der Waals surface area contributed by atoms with Crippen molar-refractivity contribution in [3.63, 3.8) is 0 Å². The third-order valence-electron chi connectivity index (χ3n) is 1.92. The van der Waals surface area contributed by atoms with Crippen molar-refractivity contribution in [1.82, 2.24) is 19.3 Å². The molecule has 0 radical (unpaired) electrons. The summed E-state index contributed by atoms with van der Waals surface area (Å²) in [4.78, 5) is 3.92. The van der Waals surface area contributed by atoms with Gasteiger partial charge in [0.05, 0.1) is 17.8 Å². The Morgan fingerprint density at radius 2 is 2.29 bits per heavy atom. The summed E-state index contributed by atoms with van der Waals surface area (Å²) in [7, 11) is 0. The van der Waals surface area contributed by atoms with E-state index >= 15 is 0 Å². The van der Waals surface area contributed by atoms with Crippen LogP contribution in [0, 0.1) is 0 Å². The van der Waals surface area contributed by atoms with E-state index in [-0.39, 0.29) is 0 Å². The van der Waals surface area contributed by atoms with Gasteiger partial charge in [-0.1, -0.05) is 11.6 Å². The van der Waals surface area contributed by atoms with E-state index in [0.29, 0.717) is 11.0 Å². The molecule has 0 bridgehead atoms. The zero-order chi connectivity index (χ0) is 9.97. The topological polar surface area (TPSA) is 61.7 Å². The number of hydrogen-bond donors (Lipinski definition) is 1. The number of aryl methyl sites for hydroxylation is 2. The lowest BCUT2D eigenvalue weighted by molar-refractivity contribution is 0.537.